The second kappa shape index (κ2) is 7.93. The van der Waals surface area contributed by atoms with E-state index in [2.05, 4.69) is 0 Å². The van der Waals surface area contributed by atoms with E-state index in [1.165, 1.54) is 16.4 Å². The molecular weight excluding hydrogens is 454 g/mol. The number of halogens is 6. The molecule has 33 heavy (non-hydrogen) atoms. The molecule has 0 spiro atoms. The van der Waals surface area contributed by atoms with Gasteiger partial charge in [0.05, 0.1) is 17.7 Å². The Hall–Kier alpha value is -2.76. The van der Waals surface area contributed by atoms with Crippen LogP contribution in [0.15, 0.2) is 10.9 Å². The van der Waals surface area contributed by atoms with Crippen molar-refractivity contribution in [2.45, 2.75) is 50.6 Å². The van der Waals surface area contributed by atoms with E-state index in [-0.39, 0.29) is 59.8 Å². The first-order valence-corrected chi connectivity index (χ1v) is 10.4. The summed E-state index contributed by atoms with van der Waals surface area (Å²) >= 11 is 0. The summed E-state index contributed by atoms with van der Waals surface area (Å²) in [5.41, 5.74) is 2.80. The predicted molar refractivity (Wildman–Crippen MR) is 109 cm³/mol. The average Bonchev–Trinajstić information content (AvgIpc) is 3.51. The molecule has 6 nitrogen and oxygen atoms in total. The predicted octanol–water partition coefficient (Wildman–Crippen LogP) is 2.98. The van der Waals surface area contributed by atoms with E-state index in [1.807, 2.05) is 0 Å². The molecule has 1 saturated carbocycles. The topological polar surface area (TPSA) is 80.4 Å². The maximum atomic E-state index is 15.4. The van der Waals surface area contributed by atoms with Gasteiger partial charge in [0.1, 0.15) is 5.67 Å². The van der Waals surface area contributed by atoms with Crippen LogP contribution in [0, 0.1) is 18.6 Å². The van der Waals surface area contributed by atoms with Crippen molar-refractivity contribution in [1.82, 2.24) is 9.88 Å². The van der Waals surface area contributed by atoms with Crippen molar-refractivity contribution in [3.63, 3.8) is 0 Å². The number of fused-ring (bicyclic) bond motifs is 1. The highest BCUT2D eigenvalue weighted by Gasteiger charge is 2.41. The number of carbonyl (C=O) groups is 1. The molecular formula is C21H22F6N4O2. The fourth-order valence-electron chi connectivity index (χ4n) is 4.46. The van der Waals surface area contributed by atoms with Crippen LogP contribution in [0.5, 0.6) is 0 Å². The van der Waals surface area contributed by atoms with Gasteiger partial charge in [0.2, 0.25) is 0 Å². The Kier molecular flexibility index (Phi) is 5.62. The summed E-state index contributed by atoms with van der Waals surface area (Å²) < 4.78 is 84.5. The summed E-state index contributed by atoms with van der Waals surface area (Å²) in [5.74, 6) is -4.94. The molecule has 1 unspecified atom stereocenters. The Bertz CT molecular complexity index is 1190. The summed E-state index contributed by atoms with van der Waals surface area (Å²) in [7, 11) is 0. The maximum absolute atomic E-state index is 15.4. The summed E-state index contributed by atoms with van der Waals surface area (Å²) in [6, 6.07) is 0.647. The number of hydrogen-bond acceptors (Lipinski definition) is 4. The molecule has 2 aromatic rings. The van der Waals surface area contributed by atoms with Crippen molar-refractivity contribution >= 4 is 22.5 Å². The molecule has 2 heterocycles. The van der Waals surface area contributed by atoms with Crippen LogP contribution >= 0.6 is 0 Å². The Morgan fingerprint density at radius 2 is 1.94 bits per heavy atom. The number of aryl methyl sites for hydroxylation is 1. The Morgan fingerprint density at radius 1 is 1.27 bits per heavy atom. The van der Waals surface area contributed by atoms with E-state index >= 15 is 8.78 Å². The minimum absolute atomic E-state index is 0.0149. The SMILES string of the molecule is Cc1c(N2CCC(F)(CN)C2)c(F)c(F)c2c(CNC(=O)C(F)(F)F)cc(=O)n(C3CC3)c12. The van der Waals surface area contributed by atoms with Gasteiger partial charge in [0.15, 0.2) is 11.6 Å². The molecule has 2 fully saturated rings. The molecule has 1 aromatic heterocycles. The van der Waals surface area contributed by atoms with Crippen LogP contribution in [0.1, 0.15) is 36.4 Å². The first-order valence-electron chi connectivity index (χ1n) is 10.4. The fraction of sp³-hybridized carbons (Fsp3) is 0.524. The number of nitrogens with two attached hydrogens (primary N) is 1. The largest absolute Gasteiger partial charge is 0.471 e. The van der Waals surface area contributed by atoms with Crippen molar-refractivity contribution < 1.29 is 31.1 Å². The van der Waals surface area contributed by atoms with Crippen molar-refractivity contribution in [3.05, 3.63) is 39.2 Å². The zero-order valence-electron chi connectivity index (χ0n) is 17.7. The molecule has 1 aliphatic carbocycles. The smallest absolute Gasteiger partial charge is 0.365 e. The van der Waals surface area contributed by atoms with Gasteiger partial charge in [-0.3, -0.25) is 9.59 Å². The first-order chi connectivity index (χ1) is 15.4. The molecule has 180 valence electrons. The first kappa shape index (κ1) is 23.4. The number of nitrogens with one attached hydrogen (secondary N) is 1. The second-order valence-corrected chi connectivity index (χ2v) is 8.64. The third-order valence-corrected chi connectivity index (χ3v) is 6.26. The Morgan fingerprint density at radius 3 is 2.48 bits per heavy atom. The molecule has 1 atom stereocenters. The van der Waals surface area contributed by atoms with Crippen LogP contribution in [-0.2, 0) is 11.3 Å². The van der Waals surface area contributed by atoms with Gasteiger partial charge in [-0.2, -0.15) is 13.2 Å². The molecule has 1 aliphatic heterocycles. The lowest BCUT2D eigenvalue weighted by Crippen LogP contribution is -2.37. The van der Waals surface area contributed by atoms with Crippen molar-refractivity contribution in [3.8, 4) is 0 Å². The van der Waals surface area contributed by atoms with Crippen molar-refractivity contribution in [2.24, 2.45) is 5.73 Å². The van der Waals surface area contributed by atoms with Crippen LogP contribution in [0.4, 0.5) is 32.0 Å². The van der Waals surface area contributed by atoms with Gasteiger partial charge in [-0.25, -0.2) is 13.2 Å². The number of alkyl halides is 4. The number of anilines is 1. The van der Waals surface area contributed by atoms with Crippen LogP contribution in [0.25, 0.3) is 10.9 Å². The Labute approximate surface area is 184 Å². The number of hydrogen-bond donors (Lipinski definition) is 2. The lowest BCUT2D eigenvalue weighted by molar-refractivity contribution is -0.173. The average molecular weight is 476 g/mol. The van der Waals surface area contributed by atoms with Crippen LogP contribution in [-0.4, -0.2) is 42.0 Å². The molecule has 0 radical (unpaired) electrons. The van der Waals surface area contributed by atoms with E-state index in [0.29, 0.717) is 12.8 Å². The lowest BCUT2D eigenvalue weighted by Gasteiger charge is -2.26. The molecule has 0 bridgehead atoms. The second-order valence-electron chi connectivity index (χ2n) is 8.64. The van der Waals surface area contributed by atoms with E-state index < -0.39 is 41.5 Å². The van der Waals surface area contributed by atoms with Crippen LogP contribution in [0.2, 0.25) is 0 Å². The molecule has 1 amide bonds. The quantitative estimate of drug-likeness (QED) is 0.651. The number of aromatic nitrogens is 1. The normalized spacial score (nSPS) is 21.2. The number of carbonyl (C=O) groups excluding carboxylic acids is 1. The summed E-state index contributed by atoms with van der Waals surface area (Å²) in [6.07, 6.45) is -3.92. The highest BCUT2D eigenvalue weighted by Crippen LogP contribution is 2.42. The highest BCUT2D eigenvalue weighted by atomic mass is 19.4. The van der Waals surface area contributed by atoms with E-state index in [0.717, 1.165) is 6.07 Å². The van der Waals surface area contributed by atoms with Gasteiger partial charge in [-0.15, -0.1) is 0 Å². The molecule has 3 N–H and O–H groups in total. The zero-order valence-corrected chi connectivity index (χ0v) is 17.7. The van der Waals surface area contributed by atoms with Gasteiger partial charge >= 0.3 is 12.1 Å². The monoisotopic (exact) mass is 476 g/mol. The number of benzene rings is 1. The molecule has 1 aromatic carbocycles. The Balaban J connectivity index is 1.90. The summed E-state index contributed by atoms with van der Waals surface area (Å²) in [6.45, 7) is 0.148. The summed E-state index contributed by atoms with van der Waals surface area (Å²) in [4.78, 5) is 25.4. The number of amides is 1. The number of pyridine rings is 1. The number of rotatable bonds is 5. The fourth-order valence-corrected chi connectivity index (χ4v) is 4.46. The third kappa shape index (κ3) is 4.04. The summed E-state index contributed by atoms with van der Waals surface area (Å²) in [5, 5.41) is 1.22. The van der Waals surface area contributed by atoms with Crippen LogP contribution in [0.3, 0.4) is 0 Å². The molecule has 4 rings (SSSR count). The molecule has 1 saturated heterocycles. The molecule has 2 aliphatic rings. The van der Waals surface area contributed by atoms with Gasteiger partial charge < -0.3 is 20.5 Å². The minimum atomic E-state index is -5.18. The maximum Gasteiger partial charge on any atom is 0.471 e. The zero-order chi connectivity index (χ0) is 24.3. The van der Waals surface area contributed by atoms with E-state index in [4.69, 9.17) is 5.73 Å². The van der Waals surface area contributed by atoms with Gasteiger partial charge in [-0.1, -0.05) is 0 Å². The van der Waals surface area contributed by atoms with E-state index in [1.54, 1.807) is 5.32 Å². The van der Waals surface area contributed by atoms with Gasteiger partial charge in [0.25, 0.3) is 5.56 Å². The number of nitrogens with zero attached hydrogens (tertiary/aromatic N) is 2. The van der Waals surface area contributed by atoms with Gasteiger partial charge in [0, 0.05) is 49.1 Å². The third-order valence-electron chi connectivity index (χ3n) is 6.26. The van der Waals surface area contributed by atoms with Crippen molar-refractivity contribution in [2.75, 3.05) is 24.5 Å². The van der Waals surface area contributed by atoms with Gasteiger partial charge in [-0.05, 0) is 25.3 Å². The minimum Gasteiger partial charge on any atom is -0.365 e. The molecule has 12 heteroatoms. The van der Waals surface area contributed by atoms with Crippen LogP contribution < -0.4 is 21.5 Å². The lowest BCUT2D eigenvalue weighted by atomic mass is 10.0. The van der Waals surface area contributed by atoms with Crippen molar-refractivity contribution in [1.29, 1.82) is 0 Å². The standard InChI is InChI=1S/C21H22F6N4O2/c1-10-17-14(15(22)16(23)18(10)30-5-4-20(24,8-28)9-30)11(7-29-19(33)21(25,26)27)6-13(32)31(17)12-2-3-12/h6,12H,2-5,7-9,28H2,1H3,(H,29,33). The van der Waals surface area contributed by atoms with E-state index in [9.17, 15) is 27.2 Å². The highest BCUT2D eigenvalue weighted by molar-refractivity contribution is 5.91.